The number of hydrogen-bond donors (Lipinski definition) is 1. The molecule has 1 heterocycles. The Balaban J connectivity index is 2.29. The van der Waals surface area contributed by atoms with Gasteiger partial charge in [-0.3, -0.25) is 4.79 Å². The van der Waals surface area contributed by atoms with Crippen molar-refractivity contribution >= 4 is 5.91 Å². The van der Waals surface area contributed by atoms with E-state index in [1.165, 1.54) is 0 Å². The van der Waals surface area contributed by atoms with Gasteiger partial charge in [0.2, 0.25) is 0 Å². The topological polar surface area (TPSA) is 40.5 Å². The molecule has 1 aromatic rings. The molecule has 0 spiro atoms. The first-order valence-electron chi connectivity index (χ1n) is 7.25. The molecule has 108 valence electrons. The molecular formula is C17H23NO2. The Morgan fingerprint density at radius 1 is 1.30 bits per heavy atom. The molecule has 0 unspecified atom stereocenters. The molecule has 0 aliphatic carbocycles. The van der Waals surface area contributed by atoms with Crippen molar-refractivity contribution in [3.05, 3.63) is 47.2 Å². The number of carbonyl (C=O) groups excluding carboxylic acids is 1. The lowest BCUT2D eigenvalue weighted by Crippen LogP contribution is -2.40. The van der Waals surface area contributed by atoms with Gasteiger partial charge in [-0.05, 0) is 24.8 Å². The first-order valence-corrected chi connectivity index (χ1v) is 7.25. The summed E-state index contributed by atoms with van der Waals surface area (Å²) in [7, 11) is 0. The van der Waals surface area contributed by atoms with E-state index in [9.17, 15) is 9.90 Å². The number of hydrogen-bond acceptors (Lipinski definition) is 2. The molecule has 1 N–H and O–H groups in total. The number of amides is 1. The summed E-state index contributed by atoms with van der Waals surface area (Å²) in [6, 6.07) is 9.91. The predicted molar refractivity (Wildman–Crippen MR) is 80.3 cm³/mol. The van der Waals surface area contributed by atoms with Crippen LogP contribution in [0.3, 0.4) is 0 Å². The van der Waals surface area contributed by atoms with Gasteiger partial charge in [0.1, 0.15) is 5.76 Å². The van der Waals surface area contributed by atoms with Crippen molar-refractivity contribution in [1.82, 2.24) is 4.90 Å². The molecule has 0 saturated heterocycles. The van der Waals surface area contributed by atoms with E-state index in [1.807, 2.05) is 35.2 Å². The fraction of sp³-hybridized carbons (Fsp3) is 0.471. The summed E-state index contributed by atoms with van der Waals surface area (Å²) < 4.78 is 0. The summed E-state index contributed by atoms with van der Waals surface area (Å²) in [5, 5.41) is 10.0. The molecule has 1 aliphatic rings. The molecule has 0 saturated carbocycles. The molecule has 1 atom stereocenters. The van der Waals surface area contributed by atoms with Crippen molar-refractivity contribution in [2.24, 2.45) is 5.92 Å². The molecule has 1 aliphatic heterocycles. The summed E-state index contributed by atoms with van der Waals surface area (Å²) >= 11 is 0. The van der Waals surface area contributed by atoms with Gasteiger partial charge in [0.25, 0.3) is 5.91 Å². The Bertz CT molecular complexity index is 505. The van der Waals surface area contributed by atoms with E-state index >= 15 is 0 Å². The van der Waals surface area contributed by atoms with E-state index in [1.54, 1.807) is 6.92 Å². The second kappa shape index (κ2) is 6.12. The SMILES string of the molecule is CC1=C(O)C[C@H](c2ccccc2)N(CCC(C)C)C1=O. The van der Waals surface area contributed by atoms with Crippen LogP contribution in [0.1, 0.15) is 45.2 Å². The van der Waals surface area contributed by atoms with Crippen LogP contribution in [0.25, 0.3) is 0 Å². The number of aliphatic hydroxyl groups excluding tert-OH is 1. The molecule has 3 nitrogen and oxygen atoms in total. The molecule has 0 aromatic heterocycles. The number of nitrogens with zero attached hydrogens (tertiary/aromatic N) is 1. The zero-order chi connectivity index (χ0) is 14.7. The Kier molecular flexibility index (Phi) is 4.48. The van der Waals surface area contributed by atoms with Crippen molar-refractivity contribution in [3.8, 4) is 0 Å². The molecule has 3 heteroatoms. The highest BCUT2D eigenvalue weighted by atomic mass is 16.3. The highest BCUT2D eigenvalue weighted by Crippen LogP contribution is 2.34. The van der Waals surface area contributed by atoms with Gasteiger partial charge in [0.15, 0.2) is 0 Å². The van der Waals surface area contributed by atoms with Crippen LogP contribution >= 0.6 is 0 Å². The quantitative estimate of drug-likeness (QED) is 0.905. The lowest BCUT2D eigenvalue weighted by molar-refractivity contribution is -0.131. The second-order valence-electron chi connectivity index (χ2n) is 5.88. The summed E-state index contributed by atoms with van der Waals surface area (Å²) in [6.45, 7) is 6.76. The van der Waals surface area contributed by atoms with Gasteiger partial charge in [-0.15, -0.1) is 0 Å². The van der Waals surface area contributed by atoms with Gasteiger partial charge < -0.3 is 10.0 Å². The van der Waals surface area contributed by atoms with Crippen LogP contribution in [0.2, 0.25) is 0 Å². The Morgan fingerprint density at radius 2 is 1.95 bits per heavy atom. The van der Waals surface area contributed by atoms with Crippen LogP contribution in [-0.4, -0.2) is 22.5 Å². The predicted octanol–water partition coefficient (Wildman–Crippen LogP) is 3.84. The number of aliphatic hydroxyl groups is 1. The maximum atomic E-state index is 12.4. The first-order chi connectivity index (χ1) is 9.50. The zero-order valence-electron chi connectivity index (χ0n) is 12.5. The molecular weight excluding hydrogens is 250 g/mol. The average Bonchev–Trinajstić information content (AvgIpc) is 2.44. The van der Waals surface area contributed by atoms with Gasteiger partial charge >= 0.3 is 0 Å². The molecule has 0 bridgehead atoms. The fourth-order valence-electron chi connectivity index (χ4n) is 2.55. The molecule has 0 radical (unpaired) electrons. The highest BCUT2D eigenvalue weighted by molar-refractivity contribution is 5.94. The lowest BCUT2D eigenvalue weighted by Gasteiger charge is -2.36. The van der Waals surface area contributed by atoms with Gasteiger partial charge in [0, 0.05) is 13.0 Å². The lowest BCUT2D eigenvalue weighted by atomic mass is 9.94. The Morgan fingerprint density at radius 3 is 2.55 bits per heavy atom. The first kappa shape index (κ1) is 14.6. The minimum absolute atomic E-state index is 0.0387. The number of benzene rings is 1. The van der Waals surface area contributed by atoms with Crippen LogP contribution in [0.15, 0.2) is 41.7 Å². The van der Waals surface area contributed by atoms with Crippen LogP contribution in [-0.2, 0) is 4.79 Å². The minimum atomic E-state index is -0.0499. The van der Waals surface area contributed by atoms with Crippen LogP contribution in [0.4, 0.5) is 0 Å². The van der Waals surface area contributed by atoms with E-state index in [0.717, 1.165) is 18.5 Å². The molecule has 2 rings (SSSR count). The zero-order valence-corrected chi connectivity index (χ0v) is 12.5. The standard InChI is InChI=1S/C17H23NO2/c1-12(2)9-10-18-15(14-7-5-4-6-8-14)11-16(19)13(3)17(18)20/h4-8,12,15,19H,9-11H2,1-3H3/t15-/m1/s1. The molecule has 1 aromatic carbocycles. The van der Waals surface area contributed by atoms with Gasteiger partial charge in [-0.2, -0.15) is 0 Å². The van der Waals surface area contributed by atoms with Crippen molar-refractivity contribution in [2.45, 2.75) is 39.7 Å². The third-order valence-corrected chi connectivity index (χ3v) is 3.91. The normalized spacial score (nSPS) is 19.9. The third-order valence-electron chi connectivity index (χ3n) is 3.91. The maximum absolute atomic E-state index is 12.4. The largest absolute Gasteiger partial charge is 0.512 e. The van der Waals surface area contributed by atoms with E-state index in [2.05, 4.69) is 13.8 Å². The molecule has 20 heavy (non-hydrogen) atoms. The summed E-state index contributed by atoms with van der Waals surface area (Å²) in [5.74, 6) is 0.743. The van der Waals surface area contributed by atoms with Gasteiger partial charge in [-0.1, -0.05) is 44.2 Å². The smallest absolute Gasteiger partial charge is 0.253 e. The number of carbonyl (C=O) groups is 1. The van der Waals surface area contributed by atoms with Crippen LogP contribution < -0.4 is 0 Å². The number of rotatable bonds is 4. The van der Waals surface area contributed by atoms with E-state index in [4.69, 9.17) is 0 Å². The van der Waals surface area contributed by atoms with E-state index in [-0.39, 0.29) is 17.7 Å². The Hall–Kier alpha value is -1.77. The maximum Gasteiger partial charge on any atom is 0.253 e. The van der Waals surface area contributed by atoms with E-state index < -0.39 is 0 Å². The van der Waals surface area contributed by atoms with Gasteiger partial charge in [0.05, 0.1) is 11.6 Å². The Labute approximate surface area is 120 Å². The van der Waals surface area contributed by atoms with Crippen molar-refractivity contribution in [3.63, 3.8) is 0 Å². The third kappa shape index (κ3) is 3.03. The summed E-state index contributed by atoms with van der Waals surface area (Å²) in [5.41, 5.74) is 1.57. The van der Waals surface area contributed by atoms with Crippen molar-refractivity contribution in [1.29, 1.82) is 0 Å². The van der Waals surface area contributed by atoms with Crippen LogP contribution in [0, 0.1) is 5.92 Å². The summed E-state index contributed by atoms with van der Waals surface area (Å²) in [4.78, 5) is 14.3. The van der Waals surface area contributed by atoms with Crippen molar-refractivity contribution < 1.29 is 9.90 Å². The minimum Gasteiger partial charge on any atom is -0.512 e. The van der Waals surface area contributed by atoms with Crippen molar-refractivity contribution in [2.75, 3.05) is 6.54 Å². The van der Waals surface area contributed by atoms with Gasteiger partial charge in [-0.25, -0.2) is 0 Å². The van der Waals surface area contributed by atoms with Crippen LogP contribution in [0.5, 0.6) is 0 Å². The molecule has 1 amide bonds. The second-order valence-corrected chi connectivity index (χ2v) is 5.88. The van der Waals surface area contributed by atoms with E-state index in [0.29, 0.717) is 17.9 Å². The fourth-order valence-corrected chi connectivity index (χ4v) is 2.55. The average molecular weight is 273 g/mol. The highest BCUT2D eigenvalue weighted by Gasteiger charge is 2.32. The monoisotopic (exact) mass is 273 g/mol. The molecule has 0 fully saturated rings. The summed E-state index contributed by atoms with van der Waals surface area (Å²) in [6.07, 6.45) is 1.49.